The molecule has 2 saturated heterocycles. The number of benzene rings is 1. The van der Waals surface area contributed by atoms with E-state index in [9.17, 15) is 4.79 Å². The molecule has 200 valence electrons. The number of carbonyl (C=O) groups excluding carboxylic acids is 1. The number of aryl methyl sites for hydroxylation is 2. The van der Waals surface area contributed by atoms with Crippen LogP contribution in [-0.4, -0.2) is 71.0 Å². The molecule has 0 atom stereocenters. The number of nitrogens with zero attached hydrogens (tertiary/aromatic N) is 5. The van der Waals surface area contributed by atoms with Crippen LogP contribution in [-0.2, 0) is 6.54 Å². The highest BCUT2D eigenvalue weighted by Gasteiger charge is 2.27. The lowest BCUT2D eigenvalue weighted by atomic mass is 10.0. The van der Waals surface area contributed by atoms with Gasteiger partial charge in [-0.3, -0.25) is 19.6 Å². The van der Waals surface area contributed by atoms with Crippen molar-refractivity contribution in [2.45, 2.75) is 45.7 Å². The summed E-state index contributed by atoms with van der Waals surface area (Å²) in [4.78, 5) is 29.6. The first-order valence-electron chi connectivity index (χ1n) is 13.6. The number of aromatic nitrogens is 2. The van der Waals surface area contributed by atoms with Gasteiger partial charge >= 0.3 is 0 Å². The number of piperidine rings is 1. The molecule has 5 rings (SSSR count). The lowest BCUT2D eigenvalue weighted by Crippen LogP contribution is -2.46. The summed E-state index contributed by atoms with van der Waals surface area (Å²) in [7, 11) is 0. The molecule has 1 aromatic carbocycles. The molecule has 2 fully saturated rings. The van der Waals surface area contributed by atoms with Gasteiger partial charge in [0.05, 0.1) is 0 Å². The minimum absolute atomic E-state index is 0.197. The van der Waals surface area contributed by atoms with E-state index in [2.05, 4.69) is 37.1 Å². The van der Waals surface area contributed by atoms with Gasteiger partial charge in [0.2, 0.25) is 0 Å². The van der Waals surface area contributed by atoms with Crippen LogP contribution in [0.5, 0.6) is 0 Å². The molecule has 38 heavy (non-hydrogen) atoms. The van der Waals surface area contributed by atoms with Gasteiger partial charge in [0.1, 0.15) is 11.5 Å². The van der Waals surface area contributed by atoms with Crippen molar-refractivity contribution in [1.82, 2.24) is 19.8 Å². The van der Waals surface area contributed by atoms with Gasteiger partial charge < -0.3 is 10.2 Å². The Bertz CT molecular complexity index is 1240. The Hall–Kier alpha value is -3.00. The number of hydrogen-bond donors (Lipinski definition) is 1. The zero-order valence-corrected chi connectivity index (χ0v) is 23.1. The van der Waals surface area contributed by atoms with E-state index < -0.39 is 0 Å². The van der Waals surface area contributed by atoms with Crippen LogP contribution in [0.1, 0.15) is 46.7 Å². The van der Waals surface area contributed by atoms with Crippen LogP contribution in [0, 0.1) is 13.8 Å². The first kappa shape index (κ1) is 26.6. The fourth-order valence-corrected chi connectivity index (χ4v) is 5.86. The Morgan fingerprint density at radius 3 is 2.45 bits per heavy atom. The molecule has 2 aliphatic rings. The van der Waals surface area contributed by atoms with E-state index in [1.54, 1.807) is 6.07 Å². The van der Waals surface area contributed by atoms with Gasteiger partial charge in [-0.2, -0.15) is 0 Å². The van der Waals surface area contributed by atoms with E-state index in [1.807, 2.05) is 50.2 Å². The molecular weight excluding hydrogens is 496 g/mol. The van der Waals surface area contributed by atoms with Gasteiger partial charge in [-0.1, -0.05) is 35.9 Å². The molecule has 1 amide bonds. The molecule has 7 nitrogen and oxygen atoms in total. The fourth-order valence-electron chi connectivity index (χ4n) is 5.67. The van der Waals surface area contributed by atoms with Crippen molar-refractivity contribution in [3.8, 4) is 0 Å². The number of anilines is 2. The van der Waals surface area contributed by atoms with Crippen molar-refractivity contribution in [3.63, 3.8) is 0 Å². The van der Waals surface area contributed by atoms with Crippen LogP contribution in [0.4, 0.5) is 11.5 Å². The van der Waals surface area contributed by atoms with E-state index in [4.69, 9.17) is 16.6 Å². The fraction of sp³-hybridized carbons (Fsp3) is 0.433. The highest BCUT2D eigenvalue weighted by molar-refractivity contribution is 6.31. The molecule has 3 aromatic rings. The Labute approximate surface area is 230 Å². The maximum Gasteiger partial charge on any atom is 0.274 e. The van der Waals surface area contributed by atoms with Crippen LogP contribution < -0.4 is 10.2 Å². The molecule has 0 aliphatic carbocycles. The molecule has 1 N–H and O–H groups in total. The lowest BCUT2D eigenvalue weighted by molar-refractivity contribution is 0.102. The summed E-state index contributed by atoms with van der Waals surface area (Å²) in [6.45, 7) is 11.0. The monoisotopic (exact) mass is 532 g/mol. The third-order valence-corrected chi connectivity index (χ3v) is 7.95. The third-order valence-electron chi connectivity index (χ3n) is 7.59. The van der Waals surface area contributed by atoms with Crippen LogP contribution in [0.2, 0.25) is 5.02 Å². The van der Waals surface area contributed by atoms with Crippen LogP contribution in [0.25, 0.3) is 0 Å². The van der Waals surface area contributed by atoms with Gasteiger partial charge in [0, 0.05) is 60.9 Å². The van der Waals surface area contributed by atoms with Crippen molar-refractivity contribution < 1.29 is 4.79 Å². The molecule has 0 unspecified atom stereocenters. The summed E-state index contributed by atoms with van der Waals surface area (Å²) >= 11 is 6.38. The summed E-state index contributed by atoms with van der Waals surface area (Å²) < 4.78 is 0. The number of nitrogens with one attached hydrogen (secondary N) is 1. The predicted octanol–water partition coefficient (Wildman–Crippen LogP) is 5.18. The largest absolute Gasteiger partial charge is 0.355 e. The van der Waals surface area contributed by atoms with Gasteiger partial charge in [0.15, 0.2) is 0 Å². The SMILES string of the molecule is Cc1cc(NC(=O)c2cccc(N3CCCN(C4CCN(Cc5ccccc5Cl)CC4)CC3)n2)cc(C)n1. The highest BCUT2D eigenvalue weighted by atomic mass is 35.5. The Balaban J connectivity index is 1.15. The Kier molecular flexibility index (Phi) is 8.57. The molecule has 0 spiro atoms. The molecule has 2 aromatic heterocycles. The number of rotatable bonds is 6. The zero-order valence-electron chi connectivity index (χ0n) is 22.4. The van der Waals surface area contributed by atoms with Gasteiger partial charge in [-0.25, -0.2) is 4.98 Å². The van der Waals surface area contributed by atoms with E-state index in [1.165, 1.54) is 18.4 Å². The summed E-state index contributed by atoms with van der Waals surface area (Å²) in [5.74, 6) is 0.674. The first-order chi connectivity index (χ1) is 18.4. The number of amides is 1. The molecule has 8 heteroatoms. The van der Waals surface area contributed by atoms with Crippen molar-refractivity contribution >= 4 is 29.0 Å². The first-order valence-corrected chi connectivity index (χ1v) is 14.0. The predicted molar refractivity (Wildman–Crippen MR) is 154 cm³/mol. The second-order valence-electron chi connectivity index (χ2n) is 10.4. The Morgan fingerprint density at radius 1 is 0.921 bits per heavy atom. The summed E-state index contributed by atoms with van der Waals surface area (Å²) in [5.41, 5.74) is 4.15. The van der Waals surface area contributed by atoms with Crippen molar-refractivity contribution in [1.29, 1.82) is 0 Å². The average Bonchev–Trinajstić information content (AvgIpc) is 3.16. The molecular formula is C30H37ClN6O. The smallest absolute Gasteiger partial charge is 0.274 e. The van der Waals surface area contributed by atoms with Gasteiger partial charge in [-0.05, 0) is 82.1 Å². The number of carbonyl (C=O) groups is 1. The number of halogens is 1. The number of pyridine rings is 2. The average molecular weight is 533 g/mol. The second kappa shape index (κ2) is 12.2. The zero-order chi connectivity index (χ0) is 26.5. The van der Waals surface area contributed by atoms with Crippen molar-refractivity contribution in [2.24, 2.45) is 0 Å². The van der Waals surface area contributed by atoms with E-state index in [0.717, 1.165) is 80.1 Å². The van der Waals surface area contributed by atoms with E-state index in [-0.39, 0.29) is 5.91 Å². The maximum absolute atomic E-state index is 12.9. The van der Waals surface area contributed by atoms with Crippen molar-refractivity contribution in [2.75, 3.05) is 49.5 Å². The molecule has 0 bridgehead atoms. The summed E-state index contributed by atoms with van der Waals surface area (Å²) in [6.07, 6.45) is 3.46. The standard InChI is InChI=1S/C30H37ClN6O/c1-22-19-25(20-23(2)32-22)33-30(38)28-9-5-10-29(34-28)37-14-6-13-36(17-18-37)26-11-15-35(16-12-26)21-24-7-3-4-8-27(24)31/h3-5,7-10,19-20,26H,6,11-18,21H2,1-2H3,(H,32,33,38). The quantitative estimate of drug-likeness (QED) is 0.472. The molecule has 0 radical (unpaired) electrons. The Morgan fingerprint density at radius 2 is 1.68 bits per heavy atom. The van der Waals surface area contributed by atoms with Crippen LogP contribution in [0.15, 0.2) is 54.6 Å². The van der Waals surface area contributed by atoms with Crippen molar-refractivity contribution in [3.05, 3.63) is 82.3 Å². The van der Waals surface area contributed by atoms with Crippen LogP contribution in [0.3, 0.4) is 0 Å². The maximum atomic E-state index is 12.9. The topological polar surface area (TPSA) is 64.6 Å². The third kappa shape index (κ3) is 6.70. The minimum Gasteiger partial charge on any atom is -0.355 e. The summed E-state index contributed by atoms with van der Waals surface area (Å²) in [5, 5.41) is 3.84. The van der Waals surface area contributed by atoms with Gasteiger partial charge in [-0.15, -0.1) is 0 Å². The molecule has 0 saturated carbocycles. The second-order valence-corrected chi connectivity index (χ2v) is 10.9. The van der Waals surface area contributed by atoms with E-state index in [0.29, 0.717) is 11.7 Å². The lowest BCUT2D eigenvalue weighted by Gasteiger charge is -2.38. The van der Waals surface area contributed by atoms with Crippen LogP contribution >= 0.6 is 11.6 Å². The minimum atomic E-state index is -0.197. The summed E-state index contributed by atoms with van der Waals surface area (Å²) in [6, 6.07) is 18.3. The number of hydrogen-bond acceptors (Lipinski definition) is 6. The number of likely N-dealkylation sites (tertiary alicyclic amines) is 1. The van der Waals surface area contributed by atoms with Gasteiger partial charge in [0.25, 0.3) is 5.91 Å². The highest BCUT2D eigenvalue weighted by Crippen LogP contribution is 2.24. The molecule has 4 heterocycles. The normalized spacial score (nSPS) is 17.8. The molecule has 2 aliphatic heterocycles. The van der Waals surface area contributed by atoms with E-state index >= 15 is 0 Å².